The Bertz CT molecular complexity index is 1250. The Morgan fingerprint density at radius 3 is 2.78 bits per heavy atom. The summed E-state index contributed by atoms with van der Waals surface area (Å²) in [4.78, 5) is 16.8. The van der Waals surface area contributed by atoms with E-state index in [0.29, 0.717) is 42.6 Å². The van der Waals surface area contributed by atoms with Gasteiger partial charge in [-0.05, 0) is 67.5 Å². The SMILES string of the molecule is NC(=O)[C@@H](Cc1cc2c3c(c1)nc(-c1ccc4c(c1)OC(F)(F)O4)n3CCCO2)C1CC1. The molecule has 1 aromatic heterocycles. The zero-order valence-corrected chi connectivity index (χ0v) is 17.1. The fourth-order valence-corrected chi connectivity index (χ4v) is 4.70. The molecular formula is C23H21F2N3O4. The zero-order valence-electron chi connectivity index (χ0n) is 17.1. The van der Waals surface area contributed by atoms with Crippen LogP contribution in [0.4, 0.5) is 8.78 Å². The molecule has 2 aliphatic heterocycles. The van der Waals surface area contributed by atoms with Gasteiger partial charge in [0.25, 0.3) is 0 Å². The van der Waals surface area contributed by atoms with E-state index >= 15 is 0 Å². The lowest BCUT2D eigenvalue weighted by Crippen LogP contribution is -2.26. The molecule has 3 heterocycles. The topological polar surface area (TPSA) is 88.6 Å². The number of rotatable bonds is 5. The van der Waals surface area contributed by atoms with Gasteiger partial charge in [0.2, 0.25) is 5.91 Å². The third kappa shape index (κ3) is 3.23. The number of halogens is 2. The molecule has 1 aliphatic carbocycles. The van der Waals surface area contributed by atoms with Gasteiger partial charge in [-0.3, -0.25) is 4.79 Å². The lowest BCUT2D eigenvalue weighted by atomic mass is 9.94. The van der Waals surface area contributed by atoms with E-state index < -0.39 is 6.29 Å². The average Bonchev–Trinajstić information content (AvgIpc) is 3.47. The molecule has 1 saturated carbocycles. The van der Waals surface area contributed by atoms with Crippen molar-refractivity contribution in [1.29, 1.82) is 0 Å². The Labute approximate surface area is 182 Å². The van der Waals surface area contributed by atoms with E-state index in [1.54, 1.807) is 6.07 Å². The number of carbonyl (C=O) groups is 1. The molecule has 6 rings (SSSR count). The number of primary amides is 1. The molecule has 0 unspecified atom stereocenters. The molecule has 0 radical (unpaired) electrons. The van der Waals surface area contributed by atoms with Gasteiger partial charge in [0.05, 0.1) is 12.1 Å². The van der Waals surface area contributed by atoms with Crippen LogP contribution in [0.5, 0.6) is 17.2 Å². The summed E-state index contributed by atoms with van der Waals surface area (Å²) in [6, 6.07) is 8.60. The van der Waals surface area contributed by atoms with Crippen molar-refractivity contribution in [2.24, 2.45) is 17.6 Å². The van der Waals surface area contributed by atoms with Gasteiger partial charge in [-0.15, -0.1) is 8.78 Å². The number of imidazole rings is 1. The molecule has 0 saturated heterocycles. The van der Waals surface area contributed by atoms with Crippen molar-refractivity contribution in [2.75, 3.05) is 6.61 Å². The van der Waals surface area contributed by atoms with E-state index in [4.69, 9.17) is 15.5 Å². The molecule has 2 N–H and O–H groups in total. The first-order chi connectivity index (χ1) is 15.4. The maximum Gasteiger partial charge on any atom is 0.586 e. The van der Waals surface area contributed by atoms with Crippen LogP contribution in [0.25, 0.3) is 22.4 Å². The lowest BCUT2D eigenvalue weighted by molar-refractivity contribution is -0.286. The molecule has 3 aliphatic rings. The Balaban J connectivity index is 1.44. The van der Waals surface area contributed by atoms with Crippen LogP contribution in [-0.4, -0.2) is 28.4 Å². The van der Waals surface area contributed by atoms with E-state index in [1.807, 2.05) is 16.7 Å². The van der Waals surface area contributed by atoms with Gasteiger partial charge in [-0.25, -0.2) is 4.98 Å². The maximum atomic E-state index is 13.5. The highest BCUT2D eigenvalue weighted by atomic mass is 19.3. The Kier molecular flexibility index (Phi) is 4.12. The van der Waals surface area contributed by atoms with Crippen molar-refractivity contribution in [3.63, 3.8) is 0 Å². The predicted molar refractivity (Wildman–Crippen MR) is 111 cm³/mol. The Morgan fingerprint density at radius 2 is 2.00 bits per heavy atom. The monoisotopic (exact) mass is 441 g/mol. The van der Waals surface area contributed by atoms with Crippen molar-refractivity contribution in [2.45, 2.75) is 38.5 Å². The summed E-state index contributed by atoms with van der Waals surface area (Å²) < 4.78 is 44.1. The van der Waals surface area contributed by atoms with Crippen molar-refractivity contribution < 1.29 is 27.8 Å². The van der Waals surface area contributed by atoms with Gasteiger partial charge in [0.1, 0.15) is 17.1 Å². The summed E-state index contributed by atoms with van der Waals surface area (Å²) in [5.74, 6) is 1.20. The smallest absolute Gasteiger partial charge is 0.491 e. The molecule has 32 heavy (non-hydrogen) atoms. The molecule has 166 valence electrons. The second-order valence-electron chi connectivity index (χ2n) is 8.63. The van der Waals surface area contributed by atoms with E-state index in [-0.39, 0.29) is 23.3 Å². The van der Waals surface area contributed by atoms with Crippen molar-refractivity contribution in [3.05, 3.63) is 35.9 Å². The average molecular weight is 441 g/mol. The minimum atomic E-state index is -3.67. The lowest BCUT2D eigenvalue weighted by Gasteiger charge is -2.13. The van der Waals surface area contributed by atoms with Crippen LogP contribution in [0, 0.1) is 11.8 Å². The molecule has 0 spiro atoms. The van der Waals surface area contributed by atoms with Gasteiger partial charge in [-0.2, -0.15) is 0 Å². The first-order valence-corrected chi connectivity index (χ1v) is 10.7. The van der Waals surface area contributed by atoms with Gasteiger partial charge in [-0.1, -0.05) is 0 Å². The van der Waals surface area contributed by atoms with E-state index in [1.165, 1.54) is 12.1 Å². The third-order valence-electron chi connectivity index (χ3n) is 6.32. The number of aromatic nitrogens is 2. The van der Waals surface area contributed by atoms with Gasteiger partial charge in [0.15, 0.2) is 11.5 Å². The Morgan fingerprint density at radius 1 is 1.19 bits per heavy atom. The third-order valence-corrected chi connectivity index (χ3v) is 6.32. The quantitative estimate of drug-likeness (QED) is 0.650. The first-order valence-electron chi connectivity index (χ1n) is 10.7. The number of aryl methyl sites for hydroxylation is 1. The number of benzene rings is 2. The molecule has 9 heteroatoms. The van der Waals surface area contributed by atoms with E-state index in [2.05, 4.69) is 9.47 Å². The van der Waals surface area contributed by atoms with Crippen LogP contribution in [0.2, 0.25) is 0 Å². The van der Waals surface area contributed by atoms with Crippen LogP contribution >= 0.6 is 0 Å². The number of hydrogen-bond acceptors (Lipinski definition) is 5. The molecule has 1 fully saturated rings. The number of hydrogen-bond donors (Lipinski definition) is 1. The minimum Gasteiger partial charge on any atom is -0.491 e. The second kappa shape index (κ2) is 6.82. The minimum absolute atomic E-state index is 0.00499. The molecule has 3 aromatic rings. The zero-order chi connectivity index (χ0) is 22.0. The summed E-state index contributed by atoms with van der Waals surface area (Å²) >= 11 is 0. The summed E-state index contributed by atoms with van der Waals surface area (Å²) in [6.07, 6.45) is -0.286. The van der Waals surface area contributed by atoms with Crippen LogP contribution in [0.15, 0.2) is 30.3 Å². The number of nitrogens with zero attached hydrogens (tertiary/aromatic N) is 2. The number of alkyl halides is 2. The molecule has 1 atom stereocenters. The second-order valence-corrected chi connectivity index (χ2v) is 8.63. The number of amides is 1. The highest BCUT2D eigenvalue weighted by Gasteiger charge is 2.43. The van der Waals surface area contributed by atoms with Gasteiger partial charge >= 0.3 is 6.29 Å². The fourth-order valence-electron chi connectivity index (χ4n) is 4.70. The normalized spacial score (nSPS) is 19.4. The van der Waals surface area contributed by atoms with E-state index in [9.17, 15) is 13.6 Å². The predicted octanol–water partition coefficient (Wildman–Crippen LogP) is 3.86. The van der Waals surface area contributed by atoms with Gasteiger partial charge in [0, 0.05) is 18.0 Å². The number of fused-ring (bicyclic) bond motifs is 1. The number of nitrogens with two attached hydrogens (primary N) is 1. The van der Waals surface area contributed by atoms with Crippen molar-refractivity contribution >= 4 is 16.9 Å². The first kappa shape index (κ1) is 19.3. The van der Waals surface area contributed by atoms with Crippen LogP contribution in [0.3, 0.4) is 0 Å². The maximum absolute atomic E-state index is 13.5. The van der Waals surface area contributed by atoms with Crippen molar-refractivity contribution in [3.8, 4) is 28.6 Å². The highest BCUT2D eigenvalue weighted by Crippen LogP contribution is 2.44. The Hall–Kier alpha value is -3.36. The number of carbonyl (C=O) groups excluding carboxylic acids is 1. The summed E-state index contributed by atoms with van der Waals surface area (Å²) in [6.45, 7) is 1.23. The molecule has 0 bridgehead atoms. The van der Waals surface area contributed by atoms with Gasteiger partial charge < -0.3 is 24.5 Å². The van der Waals surface area contributed by atoms with E-state index in [0.717, 1.165) is 35.9 Å². The molecule has 1 amide bonds. The largest absolute Gasteiger partial charge is 0.586 e. The van der Waals surface area contributed by atoms with Crippen molar-refractivity contribution in [1.82, 2.24) is 9.55 Å². The summed E-state index contributed by atoms with van der Waals surface area (Å²) in [5, 5.41) is 0. The summed E-state index contributed by atoms with van der Waals surface area (Å²) in [5.41, 5.74) is 8.83. The summed E-state index contributed by atoms with van der Waals surface area (Å²) in [7, 11) is 0. The standard InChI is InChI=1S/C23H21F2N3O4/c24-23(25)31-17-5-4-14(11-18(17)32-23)22-27-16-9-12(8-15(21(26)29)13-2-3-13)10-19-20(16)28(22)6-1-7-30-19/h4-5,9-11,13,15H,1-3,6-8H2,(H2,26,29)/t15-/m0/s1. The molecular weight excluding hydrogens is 420 g/mol. The van der Waals surface area contributed by atoms with Crippen LogP contribution < -0.4 is 19.9 Å². The number of ether oxygens (including phenoxy) is 3. The molecule has 7 nitrogen and oxygen atoms in total. The molecule has 2 aromatic carbocycles. The highest BCUT2D eigenvalue weighted by molar-refractivity contribution is 5.87. The fraction of sp³-hybridized carbons (Fsp3) is 0.391. The van der Waals surface area contributed by atoms with Crippen LogP contribution in [-0.2, 0) is 17.8 Å². The van der Waals surface area contributed by atoms with Crippen LogP contribution in [0.1, 0.15) is 24.8 Å².